The Morgan fingerprint density at radius 2 is 1.08 bits per heavy atom. The second kappa shape index (κ2) is 22.7. The van der Waals surface area contributed by atoms with Crippen molar-refractivity contribution in [1.29, 1.82) is 0 Å². The Morgan fingerprint density at radius 3 is 1.62 bits per heavy atom. The van der Waals surface area contributed by atoms with E-state index in [0.29, 0.717) is 0 Å². The Kier molecular flexibility index (Phi) is 22.4. The summed E-state index contributed by atoms with van der Waals surface area (Å²) < 4.78 is 0. The zero-order valence-corrected chi connectivity index (χ0v) is 18.5. The van der Waals surface area contributed by atoms with Crippen molar-refractivity contribution >= 4 is 0 Å². The van der Waals surface area contributed by atoms with Gasteiger partial charge in [-0.2, -0.15) is 0 Å². The normalized spacial score (nSPS) is 11.8. The Morgan fingerprint density at radius 1 is 0.577 bits per heavy atom. The van der Waals surface area contributed by atoms with Gasteiger partial charge in [-0.1, -0.05) is 90.7 Å². The van der Waals surface area contributed by atoms with E-state index in [9.17, 15) is 0 Å². The predicted molar refractivity (Wildman–Crippen MR) is 120 cm³/mol. The quantitative estimate of drug-likeness (QED) is 0.174. The van der Waals surface area contributed by atoms with Gasteiger partial charge in [-0.3, -0.25) is 0 Å². The van der Waals surface area contributed by atoms with Crippen molar-refractivity contribution in [2.75, 3.05) is 32.7 Å². The van der Waals surface area contributed by atoms with Crippen molar-refractivity contribution < 1.29 is 0 Å². The van der Waals surface area contributed by atoms with Crippen LogP contribution in [0.25, 0.3) is 0 Å². The highest BCUT2D eigenvalue weighted by Crippen LogP contribution is 2.09. The molecule has 0 aliphatic carbocycles. The fourth-order valence-corrected chi connectivity index (χ4v) is 3.40. The summed E-state index contributed by atoms with van der Waals surface area (Å²) in [5.74, 6) is 0. The average molecular weight is 367 g/mol. The topological polar surface area (TPSA) is 15.3 Å². The Labute approximate surface area is 166 Å². The van der Waals surface area contributed by atoms with Crippen molar-refractivity contribution in [3.63, 3.8) is 0 Å². The summed E-state index contributed by atoms with van der Waals surface area (Å²) >= 11 is 0. The second-order valence-corrected chi connectivity index (χ2v) is 7.71. The molecule has 0 bridgehead atoms. The SMILES string of the molecule is CCCCCCCC/C=C\CCCCCCCCNCCN(CC)CC. The van der Waals surface area contributed by atoms with Crippen LogP contribution in [0.2, 0.25) is 0 Å². The summed E-state index contributed by atoms with van der Waals surface area (Å²) in [5, 5.41) is 3.58. The summed E-state index contributed by atoms with van der Waals surface area (Å²) in [5.41, 5.74) is 0. The highest BCUT2D eigenvalue weighted by atomic mass is 15.1. The fourth-order valence-electron chi connectivity index (χ4n) is 3.40. The molecule has 1 N–H and O–H groups in total. The molecule has 0 saturated heterocycles. The third-order valence-electron chi connectivity index (χ3n) is 5.36. The molecule has 0 heterocycles. The molecular weight excluding hydrogens is 316 g/mol. The molecule has 0 fully saturated rings. The van der Waals surface area contributed by atoms with Crippen LogP contribution in [-0.4, -0.2) is 37.6 Å². The third kappa shape index (κ3) is 20.0. The van der Waals surface area contributed by atoms with E-state index in [-0.39, 0.29) is 0 Å². The molecule has 0 aromatic carbocycles. The molecule has 0 radical (unpaired) electrons. The lowest BCUT2D eigenvalue weighted by Gasteiger charge is -2.17. The van der Waals surface area contributed by atoms with Crippen LogP contribution in [0.15, 0.2) is 12.2 Å². The molecule has 2 nitrogen and oxygen atoms in total. The van der Waals surface area contributed by atoms with Crippen molar-refractivity contribution in [2.45, 2.75) is 111 Å². The maximum atomic E-state index is 3.58. The minimum absolute atomic E-state index is 1.15. The minimum atomic E-state index is 1.15. The van der Waals surface area contributed by atoms with Gasteiger partial charge in [0.15, 0.2) is 0 Å². The minimum Gasteiger partial charge on any atom is -0.315 e. The molecule has 0 aliphatic heterocycles. The van der Waals surface area contributed by atoms with E-state index in [2.05, 4.69) is 43.1 Å². The zero-order chi connectivity index (χ0) is 19.1. The fraction of sp³-hybridized carbons (Fsp3) is 0.917. The van der Waals surface area contributed by atoms with Crippen LogP contribution in [0.5, 0.6) is 0 Å². The predicted octanol–water partition coefficient (Wildman–Crippen LogP) is 6.96. The first-order chi connectivity index (χ1) is 12.8. The van der Waals surface area contributed by atoms with E-state index in [1.165, 1.54) is 116 Å². The van der Waals surface area contributed by atoms with Gasteiger partial charge >= 0.3 is 0 Å². The first kappa shape index (κ1) is 25.7. The molecule has 2 heteroatoms. The van der Waals surface area contributed by atoms with Crippen molar-refractivity contribution in [3.8, 4) is 0 Å². The average Bonchev–Trinajstić information content (AvgIpc) is 2.66. The largest absolute Gasteiger partial charge is 0.315 e. The van der Waals surface area contributed by atoms with E-state index in [1.54, 1.807) is 0 Å². The lowest BCUT2D eigenvalue weighted by atomic mass is 10.1. The van der Waals surface area contributed by atoms with Crippen LogP contribution in [-0.2, 0) is 0 Å². The lowest BCUT2D eigenvalue weighted by Crippen LogP contribution is -2.32. The Hall–Kier alpha value is -0.340. The summed E-state index contributed by atoms with van der Waals surface area (Å²) in [6.45, 7) is 12.7. The number of unbranched alkanes of at least 4 members (excludes halogenated alkanes) is 12. The van der Waals surface area contributed by atoms with Gasteiger partial charge in [0.05, 0.1) is 0 Å². The van der Waals surface area contributed by atoms with Crippen LogP contribution in [0.4, 0.5) is 0 Å². The molecule has 0 unspecified atom stereocenters. The Balaban J connectivity index is 3.11. The number of allylic oxidation sites excluding steroid dienone is 2. The standard InChI is InChI=1S/C24H50N2/c1-4-7-8-9-10-11-12-13-14-15-16-17-18-19-20-21-22-25-23-24-26(5-2)6-3/h13-14,25H,4-12,15-24H2,1-3H3/b14-13-. The van der Waals surface area contributed by atoms with E-state index in [0.717, 1.165) is 6.54 Å². The number of nitrogens with zero attached hydrogens (tertiary/aromatic N) is 1. The van der Waals surface area contributed by atoms with Gasteiger partial charge < -0.3 is 10.2 Å². The first-order valence-corrected chi connectivity index (χ1v) is 11.9. The summed E-state index contributed by atoms with van der Waals surface area (Å²) in [6.07, 6.45) is 24.3. The zero-order valence-electron chi connectivity index (χ0n) is 18.5. The molecule has 0 aromatic rings. The van der Waals surface area contributed by atoms with E-state index in [1.807, 2.05) is 0 Å². The van der Waals surface area contributed by atoms with Gasteiger partial charge in [-0.25, -0.2) is 0 Å². The van der Waals surface area contributed by atoms with Crippen molar-refractivity contribution in [1.82, 2.24) is 10.2 Å². The Bertz CT molecular complexity index is 271. The van der Waals surface area contributed by atoms with Crippen LogP contribution in [0, 0.1) is 0 Å². The number of hydrogen-bond donors (Lipinski definition) is 1. The molecule has 156 valence electrons. The van der Waals surface area contributed by atoms with Crippen molar-refractivity contribution in [3.05, 3.63) is 12.2 Å². The monoisotopic (exact) mass is 366 g/mol. The van der Waals surface area contributed by atoms with Crippen LogP contribution in [0.3, 0.4) is 0 Å². The number of nitrogens with one attached hydrogen (secondary N) is 1. The molecule has 0 spiro atoms. The van der Waals surface area contributed by atoms with Gasteiger partial charge in [-0.05, 0) is 51.7 Å². The highest BCUT2D eigenvalue weighted by molar-refractivity contribution is 4.81. The maximum absolute atomic E-state index is 3.58. The molecule has 0 atom stereocenters. The highest BCUT2D eigenvalue weighted by Gasteiger charge is 1.97. The number of likely N-dealkylation sites (N-methyl/N-ethyl adjacent to an activating group) is 1. The van der Waals surface area contributed by atoms with Gasteiger partial charge in [-0.15, -0.1) is 0 Å². The van der Waals surface area contributed by atoms with Gasteiger partial charge in [0.2, 0.25) is 0 Å². The summed E-state index contributed by atoms with van der Waals surface area (Å²) in [6, 6.07) is 0. The first-order valence-electron chi connectivity index (χ1n) is 11.9. The number of rotatable bonds is 21. The lowest BCUT2D eigenvalue weighted by molar-refractivity contribution is 0.302. The van der Waals surface area contributed by atoms with E-state index < -0.39 is 0 Å². The van der Waals surface area contributed by atoms with Gasteiger partial charge in [0, 0.05) is 13.1 Å². The molecule has 0 saturated carbocycles. The van der Waals surface area contributed by atoms with Gasteiger partial charge in [0.25, 0.3) is 0 Å². The molecule has 0 aromatic heterocycles. The van der Waals surface area contributed by atoms with Crippen LogP contribution >= 0.6 is 0 Å². The maximum Gasteiger partial charge on any atom is 0.0107 e. The van der Waals surface area contributed by atoms with Crippen LogP contribution in [0.1, 0.15) is 111 Å². The number of hydrogen-bond acceptors (Lipinski definition) is 2. The van der Waals surface area contributed by atoms with E-state index in [4.69, 9.17) is 0 Å². The second-order valence-electron chi connectivity index (χ2n) is 7.71. The smallest absolute Gasteiger partial charge is 0.0107 e. The molecule has 0 amide bonds. The van der Waals surface area contributed by atoms with Crippen molar-refractivity contribution in [2.24, 2.45) is 0 Å². The summed E-state index contributed by atoms with van der Waals surface area (Å²) in [7, 11) is 0. The third-order valence-corrected chi connectivity index (χ3v) is 5.36. The summed E-state index contributed by atoms with van der Waals surface area (Å²) in [4.78, 5) is 2.48. The van der Waals surface area contributed by atoms with E-state index >= 15 is 0 Å². The van der Waals surface area contributed by atoms with Crippen LogP contribution < -0.4 is 5.32 Å². The molecule has 26 heavy (non-hydrogen) atoms. The molecule has 0 aliphatic rings. The molecule has 0 rings (SSSR count). The molecular formula is C24H50N2. The van der Waals surface area contributed by atoms with Gasteiger partial charge in [0.1, 0.15) is 0 Å².